The van der Waals surface area contributed by atoms with E-state index in [1.807, 2.05) is 12.3 Å². The lowest BCUT2D eigenvalue weighted by Crippen LogP contribution is -2.23. The molecule has 8 heteroatoms. The molecule has 0 atom stereocenters. The van der Waals surface area contributed by atoms with Gasteiger partial charge in [-0.3, -0.25) is 4.79 Å². The fourth-order valence-corrected chi connectivity index (χ4v) is 3.50. The monoisotopic (exact) mass is 392 g/mol. The van der Waals surface area contributed by atoms with Crippen molar-refractivity contribution in [2.45, 2.75) is 12.1 Å². The number of rotatable bonds is 2. The van der Waals surface area contributed by atoms with Gasteiger partial charge in [0.05, 0.1) is 10.0 Å². The number of hydrogen-bond acceptors (Lipinski definition) is 4. The number of nitrogens with zero attached hydrogens (tertiary/aromatic N) is 4. The Morgan fingerprint density at radius 1 is 1.28 bits per heavy atom. The summed E-state index contributed by atoms with van der Waals surface area (Å²) in [4.78, 5) is 24.7. The van der Waals surface area contributed by atoms with Gasteiger partial charge in [0.25, 0.3) is 0 Å². The van der Waals surface area contributed by atoms with Gasteiger partial charge in [-0.05, 0) is 24.5 Å². The molecule has 0 saturated carbocycles. The summed E-state index contributed by atoms with van der Waals surface area (Å²) < 4.78 is 1.76. The Hall–Kier alpha value is -1.89. The molecule has 128 valence electrons. The van der Waals surface area contributed by atoms with Crippen molar-refractivity contribution in [2.24, 2.45) is 12.0 Å². The second kappa shape index (κ2) is 7.15. The largest absolute Gasteiger partial charge is 0.313 e. The minimum atomic E-state index is -0.321. The highest BCUT2D eigenvalue weighted by Gasteiger charge is 2.15. The Kier molecular flexibility index (Phi) is 5.13. The maximum atomic E-state index is 11.7. The summed E-state index contributed by atoms with van der Waals surface area (Å²) in [6, 6.07) is 7.12. The summed E-state index contributed by atoms with van der Waals surface area (Å²) in [5, 5.41) is 2.40. The maximum absolute atomic E-state index is 11.7. The molecule has 0 saturated heterocycles. The van der Waals surface area contributed by atoms with E-state index in [1.54, 1.807) is 36.0 Å². The molecular formula is C17H14Cl2N4OS. The van der Waals surface area contributed by atoms with Gasteiger partial charge in [-0.1, -0.05) is 41.0 Å². The first-order valence-electron chi connectivity index (χ1n) is 7.33. The van der Waals surface area contributed by atoms with Gasteiger partial charge in [-0.15, -0.1) is 0 Å². The van der Waals surface area contributed by atoms with Gasteiger partial charge in [0.1, 0.15) is 11.1 Å². The smallest absolute Gasteiger partial charge is 0.244 e. The van der Waals surface area contributed by atoms with Gasteiger partial charge >= 0.3 is 0 Å². The number of aromatic nitrogens is 3. The first kappa shape index (κ1) is 17.9. The molecule has 25 heavy (non-hydrogen) atoms. The normalized spacial score (nSPS) is 12.0. The van der Waals surface area contributed by atoms with E-state index in [-0.39, 0.29) is 5.91 Å². The van der Waals surface area contributed by atoms with Gasteiger partial charge in [-0.2, -0.15) is 4.99 Å². The molecule has 2 heterocycles. The highest BCUT2D eigenvalue weighted by atomic mass is 35.5. The lowest BCUT2D eigenvalue weighted by molar-refractivity contribution is -0.116. The molecule has 0 aliphatic carbocycles. The van der Waals surface area contributed by atoms with E-state index < -0.39 is 0 Å². The first-order chi connectivity index (χ1) is 11.9. The molecule has 3 aromatic rings. The Balaban J connectivity index is 2.49. The molecule has 0 fully saturated rings. The fourth-order valence-electron chi connectivity index (χ4n) is 2.56. The van der Waals surface area contributed by atoms with Crippen molar-refractivity contribution in [3.05, 3.63) is 46.0 Å². The molecule has 1 amide bonds. The summed E-state index contributed by atoms with van der Waals surface area (Å²) in [5.41, 5.74) is 2.39. The molecule has 5 nitrogen and oxygen atoms in total. The molecule has 0 spiro atoms. The molecule has 2 aromatic heterocycles. The Morgan fingerprint density at radius 2 is 1.96 bits per heavy atom. The van der Waals surface area contributed by atoms with E-state index in [0.717, 1.165) is 5.39 Å². The molecule has 0 bridgehead atoms. The number of carbonyl (C=O) groups is 1. The van der Waals surface area contributed by atoms with Gasteiger partial charge in [0.2, 0.25) is 5.91 Å². The maximum Gasteiger partial charge on any atom is 0.244 e. The molecule has 0 radical (unpaired) electrons. The second-order valence-electron chi connectivity index (χ2n) is 5.30. The summed E-state index contributed by atoms with van der Waals surface area (Å²) in [5.74, 6) is -0.321. The van der Waals surface area contributed by atoms with E-state index in [1.165, 1.54) is 18.7 Å². The average Bonchev–Trinajstić information content (AvgIpc) is 2.57. The van der Waals surface area contributed by atoms with Crippen molar-refractivity contribution in [1.82, 2.24) is 14.5 Å². The van der Waals surface area contributed by atoms with Crippen molar-refractivity contribution in [2.75, 3.05) is 6.26 Å². The van der Waals surface area contributed by atoms with Crippen LogP contribution in [0.1, 0.15) is 6.92 Å². The number of aryl methyl sites for hydroxylation is 1. The van der Waals surface area contributed by atoms with E-state index in [9.17, 15) is 4.79 Å². The third-order valence-electron chi connectivity index (χ3n) is 3.63. The summed E-state index contributed by atoms with van der Waals surface area (Å²) in [6.07, 6.45) is 3.64. The highest BCUT2D eigenvalue weighted by Crippen LogP contribution is 2.33. The van der Waals surface area contributed by atoms with Crippen molar-refractivity contribution in [3.8, 4) is 11.1 Å². The SMILES string of the molecule is CSc1ncc2cc(-c3c(Cl)cccc3Cl)/c(=N/C(C)=O)n(C)c2n1. The van der Waals surface area contributed by atoms with Crippen LogP contribution < -0.4 is 5.49 Å². The average molecular weight is 393 g/mol. The zero-order chi connectivity index (χ0) is 18.1. The molecule has 1 aromatic carbocycles. The van der Waals surface area contributed by atoms with Crippen LogP contribution in [0.4, 0.5) is 0 Å². The van der Waals surface area contributed by atoms with Crippen LogP contribution >= 0.6 is 35.0 Å². The molecule has 0 N–H and O–H groups in total. The van der Waals surface area contributed by atoms with Crippen molar-refractivity contribution in [1.29, 1.82) is 0 Å². The first-order valence-corrected chi connectivity index (χ1v) is 9.31. The van der Waals surface area contributed by atoms with Gasteiger partial charge in [0.15, 0.2) is 5.16 Å². The van der Waals surface area contributed by atoms with E-state index >= 15 is 0 Å². The quantitative estimate of drug-likeness (QED) is 0.486. The third-order valence-corrected chi connectivity index (χ3v) is 4.82. The molecular weight excluding hydrogens is 379 g/mol. The Morgan fingerprint density at radius 3 is 2.56 bits per heavy atom. The van der Waals surface area contributed by atoms with Crippen LogP contribution in [0.3, 0.4) is 0 Å². The summed E-state index contributed by atoms with van der Waals surface area (Å²) in [6.45, 7) is 1.40. The zero-order valence-corrected chi connectivity index (χ0v) is 16.1. The minimum absolute atomic E-state index is 0.321. The predicted octanol–water partition coefficient (Wildman–Crippen LogP) is 4.11. The highest BCUT2D eigenvalue weighted by molar-refractivity contribution is 7.98. The minimum Gasteiger partial charge on any atom is -0.313 e. The van der Waals surface area contributed by atoms with Gasteiger partial charge in [0, 0.05) is 36.7 Å². The van der Waals surface area contributed by atoms with Crippen LogP contribution in [0, 0.1) is 0 Å². The second-order valence-corrected chi connectivity index (χ2v) is 6.89. The number of pyridine rings is 1. The molecule has 3 rings (SSSR count). The van der Waals surface area contributed by atoms with Crippen molar-refractivity contribution < 1.29 is 4.79 Å². The lowest BCUT2D eigenvalue weighted by Gasteiger charge is -2.13. The van der Waals surface area contributed by atoms with E-state index in [2.05, 4.69) is 15.0 Å². The molecule has 0 aliphatic rings. The van der Waals surface area contributed by atoms with Crippen LogP contribution in [0.5, 0.6) is 0 Å². The standard InChI is InChI=1S/C17H14Cl2N4OS/c1-9(24)21-16-11(14-12(18)5-4-6-13(14)19)7-10-8-20-17(25-3)22-15(10)23(16)2/h4-8H,1-3H3/b21-16-. The summed E-state index contributed by atoms with van der Waals surface area (Å²) >= 11 is 14.2. The Bertz CT molecular complexity index is 1040. The van der Waals surface area contributed by atoms with Gasteiger partial charge in [-0.25, -0.2) is 9.97 Å². The number of benzene rings is 1. The van der Waals surface area contributed by atoms with E-state index in [0.29, 0.717) is 37.5 Å². The number of fused-ring (bicyclic) bond motifs is 1. The van der Waals surface area contributed by atoms with Crippen LogP contribution in [-0.2, 0) is 11.8 Å². The fraction of sp³-hybridized carbons (Fsp3) is 0.176. The lowest BCUT2D eigenvalue weighted by atomic mass is 10.1. The van der Waals surface area contributed by atoms with Crippen molar-refractivity contribution >= 4 is 51.9 Å². The third kappa shape index (κ3) is 3.42. The molecule has 0 unspecified atom stereocenters. The zero-order valence-electron chi connectivity index (χ0n) is 13.7. The number of hydrogen-bond donors (Lipinski definition) is 0. The number of halogens is 2. The number of carbonyl (C=O) groups excluding carboxylic acids is 1. The number of thioether (sulfide) groups is 1. The summed E-state index contributed by atoms with van der Waals surface area (Å²) in [7, 11) is 1.80. The Labute approximate surface area is 158 Å². The predicted molar refractivity (Wildman–Crippen MR) is 102 cm³/mol. The van der Waals surface area contributed by atoms with Crippen molar-refractivity contribution in [3.63, 3.8) is 0 Å². The topological polar surface area (TPSA) is 60.1 Å². The number of amides is 1. The van der Waals surface area contributed by atoms with E-state index in [4.69, 9.17) is 23.2 Å². The van der Waals surface area contributed by atoms with Crippen LogP contribution in [0.2, 0.25) is 10.0 Å². The molecule has 0 aliphatic heterocycles. The van der Waals surface area contributed by atoms with Crippen LogP contribution in [-0.4, -0.2) is 26.7 Å². The van der Waals surface area contributed by atoms with Crippen LogP contribution in [0.25, 0.3) is 22.2 Å². The van der Waals surface area contributed by atoms with Crippen LogP contribution in [0.15, 0.2) is 40.6 Å². The van der Waals surface area contributed by atoms with Gasteiger partial charge < -0.3 is 4.57 Å².